The second kappa shape index (κ2) is 4.46. The summed E-state index contributed by atoms with van der Waals surface area (Å²) in [6.07, 6.45) is 0. The van der Waals surface area contributed by atoms with Crippen molar-refractivity contribution in [1.82, 2.24) is 4.98 Å². The van der Waals surface area contributed by atoms with Crippen LogP contribution in [0.4, 0.5) is 5.69 Å². The van der Waals surface area contributed by atoms with Crippen LogP contribution >= 0.6 is 11.6 Å². The van der Waals surface area contributed by atoms with Crippen LogP contribution in [-0.2, 0) is 5.41 Å². The molecule has 0 saturated heterocycles. The van der Waals surface area contributed by atoms with E-state index in [9.17, 15) is 10.1 Å². The van der Waals surface area contributed by atoms with Crippen molar-refractivity contribution in [1.29, 1.82) is 0 Å². The van der Waals surface area contributed by atoms with E-state index in [1.165, 1.54) is 6.07 Å². The maximum Gasteiger partial charge on any atom is 0.270 e. The van der Waals surface area contributed by atoms with Crippen molar-refractivity contribution < 1.29 is 4.92 Å². The van der Waals surface area contributed by atoms with Crippen LogP contribution in [0.15, 0.2) is 18.2 Å². The Labute approximate surface area is 116 Å². The fourth-order valence-electron chi connectivity index (χ4n) is 2.05. The predicted molar refractivity (Wildman–Crippen MR) is 76.8 cm³/mol. The molecule has 0 aliphatic carbocycles. The van der Waals surface area contributed by atoms with Gasteiger partial charge in [-0.2, -0.15) is 0 Å². The van der Waals surface area contributed by atoms with Gasteiger partial charge >= 0.3 is 0 Å². The van der Waals surface area contributed by atoms with E-state index in [1.807, 2.05) is 26.8 Å². The lowest BCUT2D eigenvalue weighted by atomic mass is 9.87. The Morgan fingerprint density at radius 2 is 1.89 bits per heavy atom. The Kier molecular flexibility index (Phi) is 3.22. The van der Waals surface area contributed by atoms with E-state index in [2.05, 4.69) is 4.98 Å². The zero-order valence-electron chi connectivity index (χ0n) is 11.3. The number of rotatable bonds is 1. The summed E-state index contributed by atoms with van der Waals surface area (Å²) in [5, 5.41) is 12.1. The minimum Gasteiger partial charge on any atom is -0.258 e. The van der Waals surface area contributed by atoms with Crippen LogP contribution in [-0.4, -0.2) is 9.91 Å². The molecule has 1 aromatic carbocycles. The number of non-ortho nitro benzene ring substituents is 1. The van der Waals surface area contributed by atoms with Crippen molar-refractivity contribution in [3.63, 3.8) is 0 Å². The van der Waals surface area contributed by atoms with E-state index < -0.39 is 4.92 Å². The van der Waals surface area contributed by atoms with Gasteiger partial charge in [-0.05, 0) is 29.5 Å². The molecule has 0 spiro atoms. The Balaban J connectivity index is 2.80. The molecule has 0 atom stereocenters. The fraction of sp³-hybridized carbons (Fsp3) is 0.357. The van der Waals surface area contributed by atoms with Crippen LogP contribution in [0.5, 0.6) is 0 Å². The van der Waals surface area contributed by atoms with Gasteiger partial charge in [0.05, 0.1) is 10.4 Å². The summed E-state index contributed by atoms with van der Waals surface area (Å²) in [5.41, 5.74) is 2.28. The third-order valence-corrected chi connectivity index (χ3v) is 3.35. The SMILES string of the molecule is Cc1cc([N+](=O)[O-])cc2cc(C(C)(C)C)c(Cl)nc12. The first-order valence-corrected chi connectivity index (χ1v) is 6.33. The van der Waals surface area contributed by atoms with Gasteiger partial charge < -0.3 is 0 Å². The van der Waals surface area contributed by atoms with E-state index in [0.29, 0.717) is 10.7 Å². The van der Waals surface area contributed by atoms with Gasteiger partial charge in [0.25, 0.3) is 5.69 Å². The third kappa shape index (κ3) is 2.54. The molecular formula is C14H15ClN2O2. The smallest absolute Gasteiger partial charge is 0.258 e. The van der Waals surface area contributed by atoms with Crippen molar-refractivity contribution >= 4 is 28.2 Å². The number of aryl methyl sites for hydroxylation is 1. The van der Waals surface area contributed by atoms with Gasteiger partial charge in [-0.1, -0.05) is 32.4 Å². The molecule has 0 aliphatic heterocycles. The second-order valence-corrected chi connectivity index (χ2v) is 6.03. The maximum absolute atomic E-state index is 10.9. The quantitative estimate of drug-likeness (QED) is 0.441. The number of benzene rings is 1. The molecule has 19 heavy (non-hydrogen) atoms. The molecular weight excluding hydrogens is 264 g/mol. The molecule has 0 saturated carbocycles. The summed E-state index contributed by atoms with van der Waals surface area (Å²) in [7, 11) is 0. The third-order valence-electron chi connectivity index (χ3n) is 3.07. The predicted octanol–water partition coefficient (Wildman–Crippen LogP) is 4.40. The number of fused-ring (bicyclic) bond motifs is 1. The van der Waals surface area contributed by atoms with Crippen LogP contribution in [0.3, 0.4) is 0 Å². The number of nitrogens with zero attached hydrogens (tertiary/aromatic N) is 2. The molecule has 0 amide bonds. The monoisotopic (exact) mass is 278 g/mol. The number of nitro benzene ring substituents is 1. The zero-order valence-corrected chi connectivity index (χ0v) is 12.1. The first kappa shape index (κ1) is 13.7. The van der Waals surface area contributed by atoms with Gasteiger partial charge in [0.15, 0.2) is 0 Å². The van der Waals surface area contributed by atoms with Gasteiger partial charge in [-0.15, -0.1) is 0 Å². The number of nitro groups is 1. The summed E-state index contributed by atoms with van der Waals surface area (Å²) in [4.78, 5) is 14.9. The largest absolute Gasteiger partial charge is 0.270 e. The van der Waals surface area contributed by atoms with Crippen molar-refractivity contribution in [3.05, 3.63) is 44.6 Å². The Morgan fingerprint density at radius 1 is 1.26 bits per heavy atom. The van der Waals surface area contributed by atoms with Crippen LogP contribution in [0, 0.1) is 17.0 Å². The molecule has 100 valence electrons. The molecule has 0 unspecified atom stereocenters. The van der Waals surface area contributed by atoms with Crippen LogP contribution in [0.1, 0.15) is 31.9 Å². The summed E-state index contributed by atoms with van der Waals surface area (Å²) >= 11 is 6.22. The molecule has 0 radical (unpaired) electrons. The Bertz CT molecular complexity index is 675. The molecule has 0 N–H and O–H groups in total. The van der Waals surface area contributed by atoms with E-state index in [-0.39, 0.29) is 11.1 Å². The number of halogens is 1. The lowest BCUT2D eigenvalue weighted by Crippen LogP contribution is -2.12. The van der Waals surface area contributed by atoms with Crippen molar-refractivity contribution in [3.8, 4) is 0 Å². The van der Waals surface area contributed by atoms with Crippen LogP contribution < -0.4 is 0 Å². The molecule has 0 aliphatic rings. The lowest BCUT2D eigenvalue weighted by molar-refractivity contribution is -0.384. The molecule has 1 heterocycles. The normalized spacial score (nSPS) is 11.8. The van der Waals surface area contributed by atoms with E-state index in [0.717, 1.165) is 16.5 Å². The van der Waals surface area contributed by atoms with E-state index >= 15 is 0 Å². The number of aromatic nitrogens is 1. The van der Waals surface area contributed by atoms with Gasteiger partial charge in [0.1, 0.15) is 5.15 Å². The van der Waals surface area contributed by atoms with Crippen molar-refractivity contribution in [2.24, 2.45) is 0 Å². The van der Waals surface area contributed by atoms with Crippen LogP contribution in [0.2, 0.25) is 5.15 Å². The maximum atomic E-state index is 10.9. The van der Waals surface area contributed by atoms with Gasteiger partial charge in [0, 0.05) is 17.5 Å². The van der Waals surface area contributed by atoms with E-state index in [1.54, 1.807) is 13.0 Å². The van der Waals surface area contributed by atoms with E-state index in [4.69, 9.17) is 11.6 Å². The van der Waals surface area contributed by atoms with Crippen molar-refractivity contribution in [2.45, 2.75) is 33.1 Å². The molecule has 0 fully saturated rings. The molecule has 1 aromatic heterocycles. The highest BCUT2D eigenvalue weighted by atomic mass is 35.5. The average Bonchev–Trinajstić information content (AvgIpc) is 2.27. The molecule has 0 bridgehead atoms. The number of hydrogen-bond donors (Lipinski definition) is 0. The minimum atomic E-state index is -0.391. The van der Waals surface area contributed by atoms with Crippen molar-refractivity contribution in [2.75, 3.05) is 0 Å². The lowest BCUT2D eigenvalue weighted by Gasteiger charge is -2.20. The van der Waals surface area contributed by atoms with Gasteiger partial charge in [0.2, 0.25) is 0 Å². The summed E-state index contributed by atoms with van der Waals surface area (Å²) < 4.78 is 0. The first-order valence-electron chi connectivity index (χ1n) is 5.96. The molecule has 5 heteroatoms. The zero-order chi connectivity index (χ0) is 14.4. The summed E-state index contributed by atoms with van der Waals surface area (Å²) in [6, 6.07) is 4.95. The Morgan fingerprint density at radius 3 is 2.42 bits per heavy atom. The fourth-order valence-corrected chi connectivity index (χ4v) is 2.48. The number of pyridine rings is 1. The Hall–Kier alpha value is -1.68. The van der Waals surface area contributed by atoms with Crippen LogP contribution in [0.25, 0.3) is 10.9 Å². The first-order chi connectivity index (χ1) is 8.70. The minimum absolute atomic E-state index is 0.0778. The van der Waals surface area contributed by atoms with Gasteiger partial charge in [-0.25, -0.2) is 4.98 Å². The number of hydrogen-bond acceptors (Lipinski definition) is 3. The highest BCUT2D eigenvalue weighted by Crippen LogP contribution is 2.33. The summed E-state index contributed by atoms with van der Waals surface area (Å²) in [5.74, 6) is 0. The second-order valence-electron chi connectivity index (χ2n) is 5.67. The molecule has 2 rings (SSSR count). The molecule has 4 nitrogen and oxygen atoms in total. The highest BCUT2D eigenvalue weighted by molar-refractivity contribution is 6.30. The van der Waals surface area contributed by atoms with Gasteiger partial charge in [-0.3, -0.25) is 10.1 Å². The standard InChI is InChI=1S/C14H15ClN2O2/c1-8-5-10(17(18)19)6-9-7-11(14(2,3)4)13(15)16-12(8)9/h5-7H,1-4H3. The topological polar surface area (TPSA) is 56.0 Å². The average molecular weight is 279 g/mol. The highest BCUT2D eigenvalue weighted by Gasteiger charge is 2.20. The molecule has 2 aromatic rings. The summed E-state index contributed by atoms with van der Waals surface area (Å²) in [6.45, 7) is 7.90.